The largest absolute Gasteiger partial charge is 0.457 e. The van der Waals surface area contributed by atoms with Gasteiger partial charge in [-0.15, -0.1) is 0 Å². The van der Waals surface area contributed by atoms with Crippen LogP contribution in [0.3, 0.4) is 0 Å². The first kappa shape index (κ1) is 64.6. The fourth-order valence-corrected chi connectivity index (χ4v) is 8.54. The van der Waals surface area contributed by atoms with Crippen LogP contribution in [0.15, 0.2) is 72.9 Å². The molecule has 0 saturated carbocycles. The van der Waals surface area contributed by atoms with Crippen molar-refractivity contribution in [2.45, 2.75) is 250 Å². The molecule has 1 fully saturated rings. The number of hydrogen-bond donors (Lipinski definition) is 4. The SMILES string of the molecule is CC/C=C\C/C=C\C/C=C\C/C=C\C/C=C\C/C=C\CCCCCOCC(COC1OC(CO)C(O)C(OS(=O)(=O)O)C1O)OC(=O)CCCCCCCCCCCCCCCCCCCCCC. The number of allylic oxidation sites excluding steroid dienone is 12. The topological polar surface area (TPSA) is 178 Å². The van der Waals surface area contributed by atoms with Crippen LogP contribution in [0.5, 0.6) is 0 Å². The zero-order valence-corrected chi connectivity index (χ0v) is 43.9. The molecule has 0 aliphatic carbocycles. The number of aliphatic hydroxyl groups is 3. The third-order valence-electron chi connectivity index (χ3n) is 12.1. The number of carbonyl (C=O) groups excluding carboxylic acids is 1. The average molecular weight is 995 g/mol. The van der Waals surface area contributed by atoms with Crippen molar-refractivity contribution < 1.29 is 56.2 Å². The molecule has 69 heavy (non-hydrogen) atoms. The third kappa shape index (κ3) is 39.8. The van der Waals surface area contributed by atoms with Crippen molar-refractivity contribution in [1.29, 1.82) is 0 Å². The lowest BCUT2D eigenvalue weighted by Gasteiger charge is -2.41. The van der Waals surface area contributed by atoms with E-state index in [0.717, 1.165) is 83.5 Å². The average Bonchev–Trinajstić information content (AvgIpc) is 3.32. The Morgan fingerprint density at radius 2 is 1.00 bits per heavy atom. The zero-order valence-electron chi connectivity index (χ0n) is 43.1. The van der Waals surface area contributed by atoms with Gasteiger partial charge in [0.15, 0.2) is 6.29 Å². The molecular formula is C56H98O12S. The van der Waals surface area contributed by atoms with Crippen LogP contribution in [0, 0.1) is 0 Å². The fourth-order valence-electron chi connectivity index (χ4n) is 8.03. The Labute approximate surface area is 420 Å². The van der Waals surface area contributed by atoms with E-state index in [1.54, 1.807) is 0 Å². The van der Waals surface area contributed by atoms with Gasteiger partial charge in [-0.2, -0.15) is 8.42 Å². The van der Waals surface area contributed by atoms with E-state index >= 15 is 0 Å². The van der Waals surface area contributed by atoms with Crippen LogP contribution in [0.1, 0.15) is 213 Å². The lowest BCUT2D eigenvalue weighted by Crippen LogP contribution is -2.60. The standard InChI is InChI=1S/C56H98O12S/c1-3-5-7-9-11-13-15-17-19-21-23-25-26-28-30-32-34-36-38-40-42-44-46-64-48-50(49-65-56-54(60)55(68-69(61,62)63)53(59)51(47-57)67-56)66-52(58)45-43-41-39-37-35-33-31-29-27-24-22-20-18-16-14-12-10-8-6-4-2/h5,7,11,13,17,19,23,25,28,30,34,36,50-51,53-57,59-60H,3-4,6,8-10,12,14-16,18,20-22,24,26-27,29,31-33,35,37-49H2,1-2H3,(H,61,62,63)/b7-5-,13-11-,19-17-,25-23-,30-28-,36-34-. The normalized spacial score (nSPS) is 19.8. The van der Waals surface area contributed by atoms with E-state index in [2.05, 4.69) is 90.9 Å². The van der Waals surface area contributed by atoms with E-state index in [1.807, 2.05) is 0 Å². The van der Waals surface area contributed by atoms with Gasteiger partial charge in [0.05, 0.1) is 19.8 Å². The number of rotatable bonds is 47. The minimum atomic E-state index is -5.07. The van der Waals surface area contributed by atoms with Gasteiger partial charge < -0.3 is 34.3 Å². The second-order valence-electron chi connectivity index (χ2n) is 18.4. The summed E-state index contributed by atoms with van der Waals surface area (Å²) in [5, 5.41) is 30.8. The summed E-state index contributed by atoms with van der Waals surface area (Å²) in [4.78, 5) is 12.9. The molecule has 12 nitrogen and oxygen atoms in total. The highest BCUT2D eigenvalue weighted by Crippen LogP contribution is 2.26. The van der Waals surface area contributed by atoms with Crippen LogP contribution in [0.2, 0.25) is 0 Å². The maximum atomic E-state index is 12.9. The number of esters is 1. The maximum Gasteiger partial charge on any atom is 0.397 e. The number of hydrogen-bond acceptors (Lipinski definition) is 11. The first-order chi connectivity index (χ1) is 33.6. The van der Waals surface area contributed by atoms with Crippen molar-refractivity contribution in [3.8, 4) is 0 Å². The van der Waals surface area contributed by atoms with Crippen molar-refractivity contribution in [1.82, 2.24) is 0 Å². The van der Waals surface area contributed by atoms with E-state index in [-0.39, 0.29) is 19.6 Å². The van der Waals surface area contributed by atoms with Gasteiger partial charge in [-0.05, 0) is 64.2 Å². The molecule has 1 rings (SSSR count). The summed E-state index contributed by atoms with van der Waals surface area (Å²) in [6, 6.07) is 0. The van der Waals surface area contributed by atoms with Crippen molar-refractivity contribution in [2.75, 3.05) is 26.4 Å². The van der Waals surface area contributed by atoms with Gasteiger partial charge in [-0.1, -0.05) is 215 Å². The second kappa shape index (κ2) is 46.6. The van der Waals surface area contributed by atoms with E-state index in [9.17, 15) is 33.1 Å². The molecule has 0 aromatic rings. The molecule has 0 aromatic carbocycles. The van der Waals surface area contributed by atoms with Gasteiger partial charge in [0.25, 0.3) is 0 Å². The summed E-state index contributed by atoms with van der Waals surface area (Å²) < 4.78 is 59.3. The van der Waals surface area contributed by atoms with Crippen molar-refractivity contribution in [2.24, 2.45) is 0 Å². The number of aliphatic hydroxyl groups excluding tert-OH is 3. The fraction of sp³-hybridized carbons (Fsp3) is 0.768. The Morgan fingerprint density at radius 3 is 1.45 bits per heavy atom. The molecule has 1 saturated heterocycles. The van der Waals surface area contributed by atoms with E-state index in [4.69, 9.17) is 18.9 Å². The third-order valence-corrected chi connectivity index (χ3v) is 12.6. The van der Waals surface area contributed by atoms with Gasteiger partial charge in [0.1, 0.15) is 30.5 Å². The number of unbranched alkanes of at least 4 members (excludes halogenated alkanes) is 22. The Morgan fingerprint density at radius 1 is 0.565 bits per heavy atom. The summed E-state index contributed by atoms with van der Waals surface area (Å²) in [6.07, 6.45) is 52.2. The second-order valence-corrected chi connectivity index (χ2v) is 19.5. The van der Waals surface area contributed by atoms with Crippen LogP contribution < -0.4 is 0 Å². The summed E-state index contributed by atoms with van der Waals surface area (Å²) in [5.41, 5.74) is 0. The van der Waals surface area contributed by atoms with Gasteiger partial charge >= 0.3 is 16.4 Å². The summed E-state index contributed by atoms with van der Waals surface area (Å²) in [5.74, 6) is -0.410. The monoisotopic (exact) mass is 995 g/mol. The van der Waals surface area contributed by atoms with Gasteiger partial charge in [0, 0.05) is 13.0 Å². The molecule has 0 spiro atoms. The lowest BCUT2D eigenvalue weighted by molar-refractivity contribution is -0.301. The van der Waals surface area contributed by atoms with Crippen molar-refractivity contribution >= 4 is 16.4 Å². The highest BCUT2D eigenvalue weighted by molar-refractivity contribution is 7.80. The maximum absolute atomic E-state index is 12.9. The van der Waals surface area contributed by atoms with Crippen LogP contribution in [-0.2, 0) is 38.3 Å². The van der Waals surface area contributed by atoms with Crippen molar-refractivity contribution in [3.05, 3.63) is 72.9 Å². The number of carbonyl (C=O) groups is 1. The van der Waals surface area contributed by atoms with Crippen molar-refractivity contribution in [3.63, 3.8) is 0 Å². The predicted molar refractivity (Wildman–Crippen MR) is 280 cm³/mol. The van der Waals surface area contributed by atoms with Crippen LogP contribution in [-0.4, -0.2) is 97.5 Å². The molecule has 400 valence electrons. The lowest BCUT2D eigenvalue weighted by atomic mass is 9.99. The van der Waals surface area contributed by atoms with Crippen LogP contribution >= 0.6 is 0 Å². The molecule has 4 N–H and O–H groups in total. The summed E-state index contributed by atoms with van der Waals surface area (Å²) in [7, 11) is -5.07. The van der Waals surface area contributed by atoms with Crippen LogP contribution in [0.25, 0.3) is 0 Å². The van der Waals surface area contributed by atoms with Crippen LogP contribution in [0.4, 0.5) is 0 Å². The molecule has 1 aliphatic heterocycles. The van der Waals surface area contributed by atoms with E-state index < -0.39 is 59.8 Å². The summed E-state index contributed by atoms with van der Waals surface area (Å²) >= 11 is 0. The minimum absolute atomic E-state index is 0.0119. The van der Waals surface area contributed by atoms with Gasteiger partial charge in [-0.25, -0.2) is 4.18 Å². The molecule has 13 heteroatoms. The Balaban J connectivity index is 2.37. The molecule has 0 amide bonds. The molecule has 1 aliphatic rings. The molecule has 1 heterocycles. The molecule has 6 unspecified atom stereocenters. The first-order valence-corrected chi connectivity index (χ1v) is 28.6. The number of ether oxygens (including phenoxy) is 4. The molecule has 0 radical (unpaired) electrons. The highest BCUT2D eigenvalue weighted by atomic mass is 32.3. The molecular weight excluding hydrogens is 897 g/mol. The predicted octanol–water partition coefficient (Wildman–Crippen LogP) is 13.0. The minimum Gasteiger partial charge on any atom is -0.457 e. The summed E-state index contributed by atoms with van der Waals surface area (Å²) in [6.45, 7) is 3.82. The quantitative estimate of drug-likeness (QED) is 0.0197. The molecule has 6 atom stereocenters. The van der Waals surface area contributed by atoms with E-state index in [1.165, 1.54) is 103 Å². The highest BCUT2D eigenvalue weighted by Gasteiger charge is 2.48. The molecule has 0 aromatic heterocycles. The smallest absolute Gasteiger partial charge is 0.397 e. The Hall–Kier alpha value is -2.46. The van der Waals surface area contributed by atoms with E-state index in [0.29, 0.717) is 13.0 Å². The van der Waals surface area contributed by atoms with Gasteiger partial charge in [-0.3, -0.25) is 9.35 Å². The first-order valence-electron chi connectivity index (χ1n) is 27.2. The zero-order chi connectivity index (χ0) is 50.3. The molecule has 0 bridgehead atoms. The Bertz CT molecular complexity index is 1470. The Kier molecular flexibility index (Phi) is 43.6. The van der Waals surface area contributed by atoms with Gasteiger partial charge in [0.2, 0.25) is 0 Å².